The number of hydrogen-bond acceptors (Lipinski definition) is 4. The SMILES string of the molecule is CCc1c(C)c2c(c(C)c1-c1ccc(C)cc1)-c1ccc(NSC)cc1CN2SC. The third-order valence-electron chi connectivity index (χ3n) is 6.17. The van der Waals surface area contributed by atoms with Crippen molar-refractivity contribution in [2.45, 2.75) is 40.7 Å². The van der Waals surface area contributed by atoms with Crippen molar-refractivity contribution in [2.24, 2.45) is 0 Å². The van der Waals surface area contributed by atoms with Gasteiger partial charge in [0, 0.05) is 23.8 Å². The van der Waals surface area contributed by atoms with Crippen LogP contribution in [0.2, 0.25) is 0 Å². The molecule has 0 saturated heterocycles. The Kier molecular flexibility index (Phi) is 6.08. The lowest BCUT2D eigenvalue weighted by Gasteiger charge is -2.36. The van der Waals surface area contributed by atoms with Gasteiger partial charge in [-0.1, -0.05) is 66.7 Å². The molecule has 156 valence electrons. The van der Waals surface area contributed by atoms with Crippen LogP contribution in [0.15, 0.2) is 42.5 Å². The zero-order chi connectivity index (χ0) is 21.4. The van der Waals surface area contributed by atoms with E-state index in [9.17, 15) is 0 Å². The average molecular weight is 435 g/mol. The number of fused-ring (bicyclic) bond motifs is 3. The largest absolute Gasteiger partial charge is 0.330 e. The van der Waals surface area contributed by atoms with Gasteiger partial charge in [-0.3, -0.25) is 0 Å². The van der Waals surface area contributed by atoms with Gasteiger partial charge in [0.05, 0.1) is 12.2 Å². The molecule has 1 N–H and O–H groups in total. The van der Waals surface area contributed by atoms with Crippen LogP contribution >= 0.6 is 23.9 Å². The summed E-state index contributed by atoms with van der Waals surface area (Å²) in [6.45, 7) is 10.00. The maximum atomic E-state index is 3.39. The van der Waals surface area contributed by atoms with E-state index in [1.165, 1.54) is 61.4 Å². The molecular weight excluding hydrogens is 404 g/mol. The number of benzene rings is 3. The molecule has 0 aliphatic carbocycles. The van der Waals surface area contributed by atoms with Crippen LogP contribution < -0.4 is 9.03 Å². The second-order valence-corrected chi connectivity index (χ2v) is 9.36. The van der Waals surface area contributed by atoms with E-state index in [1.807, 2.05) is 11.9 Å². The Hall–Kier alpha value is -2.04. The third kappa shape index (κ3) is 3.50. The van der Waals surface area contributed by atoms with Gasteiger partial charge in [-0.2, -0.15) is 0 Å². The summed E-state index contributed by atoms with van der Waals surface area (Å²) in [4.78, 5) is 0. The van der Waals surface area contributed by atoms with Gasteiger partial charge in [0.25, 0.3) is 0 Å². The summed E-state index contributed by atoms with van der Waals surface area (Å²) >= 11 is 3.46. The number of hydrogen-bond donors (Lipinski definition) is 1. The van der Waals surface area contributed by atoms with Crippen LogP contribution in [0.5, 0.6) is 0 Å². The summed E-state index contributed by atoms with van der Waals surface area (Å²) in [7, 11) is 0. The molecule has 2 nitrogen and oxygen atoms in total. The first-order chi connectivity index (χ1) is 14.5. The van der Waals surface area contributed by atoms with Crippen molar-refractivity contribution in [3.05, 3.63) is 70.3 Å². The van der Waals surface area contributed by atoms with Crippen molar-refractivity contribution in [3.8, 4) is 22.3 Å². The summed E-state index contributed by atoms with van der Waals surface area (Å²) in [6, 6.07) is 15.8. The maximum Gasteiger partial charge on any atom is 0.0587 e. The molecule has 1 heterocycles. The maximum absolute atomic E-state index is 3.39. The molecule has 0 amide bonds. The molecule has 0 radical (unpaired) electrons. The lowest BCUT2D eigenvalue weighted by atomic mass is 9.81. The zero-order valence-electron chi connectivity index (χ0n) is 18.7. The van der Waals surface area contributed by atoms with Gasteiger partial charge in [-0.05, 0) is 78.3 Å². The van der Waals surface area contributed by atoms with Crippen LogP contribution in [0.3, 0.4) is 0 Å². The van der Waals surface area contributed by atoms with Crippen LogP contribution in [0.25, 0.3) is 22.3 Å². The van der Waals surface area contributed by atoms with E-state index in [4.69, 9.17) is 0 Å². The summed E-state index contributed by atoms with van der Waals surface area (Å²) < 4.78 is 5.87. The second kappa shape index (κ2) is 8.60. The zero-order valence-corrected chi connectivity index (χ0v) is 20.4. The first kappa shape index (κ1) is 21.2. The van der Waals surface area contributed by atoms with Crippen LogP contribution in [-0.4, -0.2) is 12.5 Å². The van der Waals surface area contributed by atoms with E-state index >= 15 is 0 Å². The molecule has 4 heteroatoms. The Morgan fingerprint density at radius 3 is 2.30 bits per heavy atom. The number of nitrogens with one attached hydrogen (secondary N) is 1. The second-order valence-electron chi connectivity index (χ2n) is 7.94. The molecule has 0 spiro atoms. The Balaban J connectivity index is 2.03. The van der Waals surface area contributed by atoms with Gasteiger partial charge < -0.3 is 9.03 Å². The van der Waals surface area contributed by atoms with Crippen molar-refractivity contribution < 1.29 is 0 Å². The fourth-order valence-electron chi connectivity index (χ4n) is 4.78. The van der Waals surface area contributed by atoms with Crippen LogP contribution in [0.4, 0.5) is 11.4 Å². The number of anilines is 2. The summed E-state index contributed by atoms with van der Waals surface area (Å²) in [6.07, 6.45) is 5.29. The Morgan fingerprint density at radius 1 is 0.933 bits per heavy atom. The first-order valence-electron chi connectivity index (χ1n) is 10.5. The van der Waals surface area contributed by atoms with Crippen molar-refractivity contribution in [1.82, 2.24) is 0 Å². The molecule has 1 aliphatic heterocycles. The van der Waals surface area contributed by atoms with E-state index in [0.29, 0.717) is 0 Å². The fourth-order valence-corrected chi connectivity index (χ4v) is 5.82. The fraction of sp³-hybridized carbons (Fsp3) is 0.308. The summed E-state index contributed by atoms with van der Waals surface area (Å²) in [5.41, 5.74) is 15.0. The van der Waals surface area contributed by atoms with Gasteiger partial charge in [0.15, 0.2) is 0 Å². The van der Waals surface area contributed by atoms with Crippen LogP contribution in [0, 0.1) is 20.8 Å². The monoisotopic (exact) mass is 434 g/mol. The van der Waals surface area contributed by atoms with Gasteiger partial charge in [0.1, 0.15) is 0 Å². The number of nitrogens with zero attached hydrogens (tertiary/aromatic N) is 1. The highest BCUT2D eigenvalue weighted by atomic mass is 32.2. The van der Waals surface area contributed by atoms with E-state index in [1.54, 1.807) is 11.9 Å². The number of rotatable bonds is 5. The Bertz CT molecular complexity index is 1090. The minimum Gasteiger partial charge on any atom is -0.330 e. The minimum absolute atomic E-state index is 0.931. The molecular formula is C26H30N2S2. The van der Waals surface area contributed by atoms with Crippen molar-refractivity contribution in [1.29, 1.82) is 0 Å². The predicted octanol–water partition coefficient (Wildman–Crippen LogP) is 7.80. The lowest BCUT2D eigenvalue weighted by molar-refractivity contribution is 1.01. The summed E-state index contributed by atoms with van der Waals surface area (Å²) in [5, 5.41) is 0. The van der Waals surface area contributed by atoms with Gasteiger partial charge in [-0.15, -0.1) is 0 Å². The molecule has 3 aromatic rings. The number of aryl methyl sites for hydroxylation is 1. The van der Waals surface area contributed by atoms with E-state index in [2.05, 4.69) is 91.7 Å². The van der Waals surface area contributed by atoms with Crippen molar-refractivity contribution >= 4 is 35.3 Å². The molecule has 0 aromatic heterocycles. The van der Waals surface area contributed by atoms with E-state index < -0.39 is 0 Å². The van der Waals surface area contributed by atoms with Gasteiger partial charge >= 0.3 is 0 Å². The molecule has 1 aliphatic rings. The molecule has 3 aromatic carbocycles. The quantitative estimate of drug-likeness (QED) is 0.412. The Labute approximate surface area is 189 Å². The highest BCUT2D eigenvalue weighted by molar-refractivity contribution is 8.00. The summed E-state index contributed by atoms with van der Waals surface area (Å²) in [5.74, 6) is 0. The molecule has 0 saturated carbocycles. The molecule has 0 bridgehead atoms. The smallest absolute Gasteiger partial charge is 0.0587 e. The molecule has 4 rings (SSSR count). The lowest BCUT2D eigenvalue weighted by Crippen LogP contribution is -2.22. The molecule has 0 fully saturated rings. The first-order valence-corrected chi connectivity index (χ1v) is 12.9. The van der Waals surface area contributed by atoms with Gasteiger partial charge in [-0.25, -0.2) is 0 Å². The van der Waals surface area contributed by atoms with Crippen molar-refractivity contribution in [3.63, 3.8) is 0 Å². The van der Waals surface area contributed by atoms with Crippen molar-refractivity contribution in [2.75, 3.05) is 21.5 Å². The predicted molar refractivity (Wildman–Crippen MR) is 138 cm³/mol. The van der Waals surface area contributed by atoms with E-state index in [-0.39, 0.29) is 0 Å². The van der Waals surface area contributed by atoms with Gasteiger partial charge in [0.2, 0.25) is 0 Å². The topological polar surface area (TPSA) is 15.3 Å². The van der Waals surface area contributed by atoms with Crippen LogP contribution in [-0.2, 0) is 13.0 Å². The third-order valence-corrected chi connectivity index (χ3v) is 7.36. The Morgan fingerprint density at radius 2 is 1.67 bits per heavy atom. The normalized spacial score (nSPS) is 12.5. The minimum atomic E-state index is 0.931. The molecule has 0 unspecified atom stereocenters. The molecule has 0 atom stereocenters. The highest BCUT2D eigenvalue weighted by Crippen LogP contribution is 2.50. The van der Waals surface area contributed by atoms with E-state index in [0.717, 1.165) is 13.0 Å². The van der Waals surface area contributed by atoms with Crippen LogP contribution in [0.1, 0.15) is 34.7 Å². The molecule has 30 heavy (non-hydrogen) atoms. The average Bonchev–Trinajstić information content (AvgIpc) is 2.75. The standard InChI is InChI=1S/C26H30N2S2/c1-7-22-17(3)26-25(18(4)24(22)19-10-8-16(2)9-11-19)23-13-12-21(27-29-5)14-20(23)15-28(26)30-6/h8-14,27H,7,15H2,1-6H3. The highest BCUT2D eigenvalue weighted by Gasteiger charge is 2.29.